The molecule has 1 aromatic rings. The Hall–Kier alpha value is -0.950. The van der Waals surface area contributed by atoms with Gasteiger partial charge in [-0.1, -0.05) is 12.1 Å². The minimum absolute atomic E-state index is 0.0937. The van der Waals surface area contributed by atoms with Gasteiger partial charge >= 0.3 is 0 Å². The molecule has 0 saturated carbocycles. The lowest BCUT2D eigenvalue weighted by Crippen LogP contribution is -2.43. The Balaban J connectivity index is 2.11. The molecule has 6 heteroatoms. The second kappa shape index (κ2) is 5.81. The van der Waals surface area contributed by atoms with E-state index in [1.54, 1.807) is 32.3 Å². The zero-order valence-corrected chi connectivity index (χ0v) is 13.1. The summed E-state index contributed by atoms with van der Waals surface area (Å²) in [5.74, 6) is 0. The molecule has 1 unspecified atom stereocenters. The van der Waals surface area contributed by atoms with Crippen molar-refractivity contribution in [2.45, 2.75) is 30.3 Å². The lowest BCUT2D eigenvalue weighted by atomic mass is 10.0. The van der Waals surface area contributed by atoms with Gasteiger partial charge in [-0.05, 0) is 37.6 Å². The zero-order chi connectivity index (χ0) is 14.8. The van der Waals surface area contributed by atoms with Gasteiger partial charge in [0.25, 0.3) is 0 Å². The van der Waals surface area contributed by atoms with Crippen LogP contribution in [0.1, 0.15) is 18.9 Å². The van der Waals surface area contributed by atoms with Crippen LogP contribution in [0.3, 0.4) is 0 Å². The van der Waals surface area contributed by atoms with Gasteiger partial charge in [-0.2, -0.15) is 0 Å². The molecule has 0 amide bonds. The molecule has 1 aromatic carbocycles. The van der Waals surface area contributed by atoms with Crippen LogP contribution in [0.15, 0.2) is 29.2 Å². The van der Waals surface area contributed by atoms with E-state index in [-0.39, 0.29) is 5.54 Å². The van der Waals surface area contributed by atoms with Crippen molar-refractivity contribution < 1.29 is 8.42 Å². The molecule has 1 aliphatic heterocycles. The van der Waals surface area contributed by atoms with Gasteiger partial charge in [0.1, 0.15) is 0 Å². The standard InChI is InChI=1S/C14H23N3O2S/c1-14(7-8-15-11-14)16-10-12-5-4-6-13(9-12)20(18,19)17(2)3/h4-6,9,15-16H,7-8,10-11H2,1-3H3. The van der Waals surface area contributed by atoms with E-state index in [0.717, 1.165) is 25.1 Å². The molecule has 0 aromatic heterocycles. The Morgan fingerprint density at radius 1 is 1.40 bits per heavy atom. The van der Waals surface area contributed by atoms with E-state index < -0.39 is 10.0 Å². The topological polar surface area (TPSA) is 61.4 Å². The molecule has 0 aliphatic carbocycles. The maximum absolute atomic E-state index is 12.1. The van der Waals surface area contributed by atoms with Crippen molar-refractivity contribution in [3.05, 3.63) is 29.8 Å². The Labute approximate surface area is 121 Å². The molecule has 5 nitrogen and oxygen atoms in total. The summed E-state index contributed by atoms with van der Waals surface area (Å²) in [6.45, 7) is 4.84. The number of benzene rings is 1. The highest BCUT2D eigenvalue weighted by atomic mass is 32.2. The SMILES string of the molecule is CN(C)S(=O)(=O)c1cccc(CNC2(C)CCNC2)c1. The lowest BCUT2D eigenvalue weighted by Gasteiger charge is -2.24. The van der Waals surface area contributed by atoms with Crippen molar-refractivity contribution in [1.29, 1.82) is 0 Å². The average Bonchev–Trinajstić information content (AvgIpc) is 2.84. The van der Waals surface area contributed by atoms with E-state index in [4.69, 9.17) is 0 Å². The molecule has 1 aliphatic rings. The van der Waals surface area contributed by atoms with Crippen LogP contribution in [0.25, 0.3) is 0 Å². The third-order valence-corrected chi connectivity index (χ3v) is 5.58. The van der Waals surface area contributed by atoms with E-state index in [1.165, 1.54) is 4.31 Å². The van der Waals surface area contributed by atoms with Crippen molar-refractivity contribution in [3.8, 4) is 0 Å². The highest BCUT2D eigenvalue weighted by molar-refractivity contribution is 7.89. The second-order valence-electron chi connectivity index (χ2n) is 5.78. The van der Waals surface area contributed by atoms with Gasteiger partial charge in [-0.15, -0.1) is 0 Å². The van der Waals surface area contributed by atoms with Gasteiger partial charge in [0.2, 0.25) is 10.0 Å². The molecule has 1 saturated heterocycles. The number of hydrogen-bond acceptors (Lipinski definition) is 4. The second-order valence-corrected chi connectivity index (χ2v) is 7.93. The van der Waals surface area contributed by atoms with Gasteiger partial charge in [-0.3, -0.25) is 0 Å². The molecule has 112 valence electrons. The summed E-state index contributed by atoms with van der Waals surface area (Å²) in [4.78, 5) is 0.344. The first kappa shape index (κ1) is 15.4. The van der Waals surface area contributed by atoms with Gasteiger partial charge < -0.3 is 10.6 Å². The molecule has 20 heavy (non-hydrogen) atoms. The largest absolute Gasteiger partial charge is 0.315 e. The summed E-state index contributed by atoms with van der Waals surface area (Å²) in [7, 11) is -0.265. The third kappa shape index (κ3) is 3.38. The van der Waals surface area contributed by atoms with Crippen LogP contribution in [0.5, 0.6) is 0 Å². The quantitative estimate of drug-likeness (QED) is 0.843. The molecule has 0 radical (unpaired) electrons. The Kier molecular flexibility index (Phi) is 4.49. The summed E-state index contributed by atoms with van der Waals surface area (Å²) in [6, 6.07) is 7.13. The van der Waals surface area contributed by atoms with Gasteiger partial charge in [-0.25, -0.2) is 12.7 Å². The summed E-state index contributed by atoms with van der Waals surface area (Å²) < 4.78 is 25.4. The van der Waals surface area contributed by atoms with Gasteiger partial charge in [0, 0.05) is 32.7 Å². The van der Waals surface area contributed by atoms with E-state index in [1.807, 2.05) is 6.07 Å². The van der Waals surface area contributed by atoms with Crippen LogP contribution < -0.4 is 10.6 Å². The summed E-state index contributed by atoms with van der Waals surface area (Å²) >= 11 is 0. The average molecular weight is 297 g/mol. The fourth-order valence-electron chi connectivity index (χ4n) is 2.31. The molecule has 2 N–H and O–H groups in total. The van der Waals surface area contributed by atoms with Crippen LogP contribution >= 0.6 is 0 Å². The van der Waals surface area contributed by atoms with E-state index >= 15 is 0 Å². The maximum atomic E-state index is 12.1. The van der Waals surface area contributed by atoms with Crippen LogP contribution in [0.4, 0.5) is 0 Å². The first-order valence-corrected chi connectivity index (χ1v) is 8.25. The van der Waals surface area contributed by atoms with Crippen molar-refractivity contribution in [3.63, 3.8) is 0 Å². The van der Waals surface area contributed by atoms with Crippen LogP contribution in [-0.4, -0.2) is 45.4 Å². The zero-order valence-electron chi connectivity index (χ0n) is 12.3. The van der Waals surface area contributed by atoms with E-state index in [9.17, 15) is 8.42 Å². The molecule has 0 spiro atoms. The predicted molar refractivity (Wildman–Crippen MR) is 80.0 cm³/mol. The highest BCUT2D eigenvalue weighted by Crippen LogP contribution is 2.17. The van der Waals surface area contributed by atoms with Gasteiger partial charge in [0.15, 0.2) is 0 Å². The van der Waals surface area contributed by atoms with Crippen LogP contribution in [0, 0.1) is 0 Å². The summed E-state index contributed by atoms with van der Waals surface area (Å²) in [5, 5.41) is 6.85. The van der Waals surface area contributed by atoms with Crippen molar-refractivity contribution >= 4 is 10.0 Å². The van der Waals surface area contributed by atoms with Crippen LogP contribution in [-0.2, 0) is 16.6 Å². The fourth-order valence-corrected chi connectivity index (χ4v) is 3.28. The first-order valence-electron chi connectivity index (χ1n) is 6.81. The molecule has 1 fully saturated rings. The molecular weight excluding hydrogens is 274 g/mol. The van der Waals surface area contributed by atoms with E-state index in [0.29, 0.717) is 11.4 Å². The Bertz CT molecular complexity index is 564. The van der Waals surface area contributed by atoms with Crippen molar-refractivity contribution in [2.24, 2.45) is 0 Å². The summed E-state index contributed by atoms with van der Waals surface area (Å²) in [5.41, 5.74) is 1.08. The number of nitrogens with zero attached hydrogens (tertiary/aromatic N) is 1. The number of sulfonamides is 1. The first-order chi connectivity index (χ1) is 9.33. The lowest BCUT2D eigenvalue weighted by molar-refractivity contribution is 0.385. The Morgan fingerprint density at radius 2 is 2.15 bits per heavy atom. The van der Waals surface area contributed by atoms with Gasteiger partial charge in [0.05, 0.1) is 4.90 Å². The minimum atomic E-state index is -3.36. The van der Waals surface area contributed by atoms with Crippen LogP contribution in [0.2, 0.25) is 0 Å². The molecular formula is C14H23N3O2S. The normalized spacial score (nSPS) is 23.4. The maximum Gasteiger partial charge on any atom is 0.242 e. The third-order valence-electron chi connectivity index (χ3n) is 3.77. The van der Waals surface area contributed by atoms with E-state index in [2.05, 4.69) is 17.6 Å². The smallest absolute Gasteiger partial charge is 0.242 e. The monoisotopic (exact) mass is 297 g/mol. The van der Waals surface area contributed by atoms with Crippen molar-refractivity contribution in [2.75, 3.05) is 27.2 Å². The molecule has 1 heterocycles. The summed E-state index contributed by atoms with van der Waals surface area (Å²) in [6.07, 6.45) is 1.09. The van der Waals surface area contributed by atoms with Crippen molar-refractivity contribution in [1.82, 2.24) is 14.9 Å². The molecule has 0 bridgehead atoms. The number of hydrogen-bond donors (Lipinski definition) is 2. The molecule has 1 atom stereocenters. The number of nitrogens with one attached hydrogen (secondary N) is 2. The fraction of sp³-hybridized carbons (Fsp3) is 0.571. The molecule has 2 rings (SSSR count). The predicted octanol–water partition coefficient (Wildman–Crippen LogP) is 0.779. The number of rotatable bonds is 5. The minimum Gasteiger partial charge on any atom is -0.315 e. The highest BCUT2D eigenvalue weighted by Gasteiger charge is 2.27. The Morgan fingerprint density at radius 3 is 2.75 bits per heavy atom.